The van der Waals surface area contributed by atoms with Crippen LogP contribution in [0.3, 0.4) is 0 Å². The standard InChI is InChI=1S/C29H37N3O3S/c1-19-21(15-16-25(34-2)27(19)35-3)28(33)32(29-31-23-12-7-8-14-26(23)36-29)24(22-13-9-17-30-22)18-20-10-5-4-6-11-20/h7-8,12,14-16,20,22,24,30H,4-6,9-11,13,17-18H2,1-3H3. The highest BCUT2D eigenvalue weighted by Crippen LogP contribution is 2.39. The number of nitrogens with one attached hydrogen (secondary N) is 1. The van der Waals surface area contributed by atoms with E-state index in [2.05, 4.69) is 11.4 Å². The maximum atomic E-state index is 14.5. The van der Waals surface area contributed by atoms with E-state index >= 15 is 0 Å². The predicted octanol–water partition coefficient (Wildman–Crippen LogP) is 6.36. The molecule has 0 bridgehead atoms. The molecular formula is C29H37N3O3S. The maximum Gasteiger partial charge on any atom is 0.260 e. The molecule has 0 radical (unpaired) electrons. The number of anilines is 1. The summed E-state index contributed by atoms with van der Waals surface area (Å²) in [6.45, 7) is 2.94. The normalized spacial score (nSPS) is 19.4. The van der Waals surface area contributed by atoms with Gasteiger partial charge in [-0.2, -0.15) is 0 Å². The van der Waals surface area contributed by atoms with E-state index in [1.54, 1.807) is 25.6 Å². The average molecular weight is 508 g/mol. The Balaban J connectivity index is 1.61. The fourth-order valence-electron chi connectivity index (χ4n) is 6.04. The number of carbonyl (C=O) groups excluding carboxylic acids is 1. The fourth-order valence-corrected chi connectivity index (χ4v) is 7.06. The minimum absolute atomic E-state index is 0.0120. The number of benzene rings is 2. The lowest BCUT2D eigenvalue weighted by atomic mass is 9.82. The van der Waals surface area contributed by atoms with Gasteiger partial charge in [-0.3, -0.25) is 9.69 Å². The van der Waals surface area contributed by atoms with Gasteiger partial charge in [0.2, 0.25) is 0 Å². The van der Waals surface area contributed by atoms with Crippen LogP contribution in [0.1, 0.15) is 67.3 Å². The fraction of sp³-hybridized carbons (Fsp3) is 0.517. The Kier molecular flexibility index (Phi) is 7.77. The molecule has 2 heterocycles. The molecule has 1 aromatic heterocycles. The molecular weight excluding hydrogens is 470 g/mol. The zero-order valence-electron chi connectivity index (χ0n) is 21.6. The van der Waals surface area contributed by atoms with Crippen molar-refractivity contribution < 1.29 is 14.3 Å². The largest absolute Gasteiger partial charge is 0.493 e. The van der Waals surface area contributed by atoms with E-state index in [1.807, 2.05) is 42.2 Å². The van der Waals surface area contributed by atoms with Gasteiger partial charge >= 0.3 is 0 Å². The van der Waals surface area contributed by atoms with E-state index in [9.17, 15) is 4.79 Å². The molecule has 2 fully saturated rings. The van der Waals surface area contributed by atoms with Crippen LogP contribution in [0, 0.1) is 12.8 Å². The monoisotopic (exact) mass is 507 g/mol. The summed E-state index contributed by atoms with van der Waals surface area (Å²) in [5.74, 6) is 1.87. The second-order valence-electron chi connectivity index (χ2n) is 10.1. The van der Waals surface area contributed by atoms with Gasteiger partial charge in [-0.25, -0.2) is 4.98 Å². The topological polar surface area (TPSA) is 63.7 Å². The van der Waals surface area contributed by atoms with E-state index in [1.165, 1.54) is 32.1 Å². The molecule has 36 heavy (non-hydrogen) atoms. The number of amides is 1. The number of fused-ring (bicyclic) bond motifs is 1. The van der Waals surface area contributed by atoms with Crippen LogP contribution in [0.2, 0.25) is 0 Å². The van der Waals surface area contributed by atoms with Crippen LogP contribution in [-0.2, 0) is 0 Å². The smallest absolute Gasteiger partial charge is 0.260 e. The van der Waals surface area contributed by atoms with Crippen LogP contribution in [0.25, 0.3) is 10.2 Å². The lowest BCUT2D eigenvalue weighted by molar-refractivity contribution is 0.0963. The Morgan fingerprint density at radius 2 is 1.89 bits per heavy atom. The highest BCUT2D eigenvalue weighted by molar-refractivity contribution is 7.22. The van der Waals surface area contributed by atoms with Gasteiger partial charge in [0.1, 0.15) is 0 Å². The summed E-state index contributed by atoms with van der Waals surface area (Å²) in [4.78, 5) is 21.5. The van der Waals surface area contributed by atoms with Gasteiger partial charge in [-0.1, -0.05) is 55.6 Å². The molecule has 3 aromatic rings. The lowest BCUT2D eigenvalue weighted by Gasteiger charge is -2.37. The Hall–Kier alpha value is -2.64. The molecule has 2 atom stereocenters. The summed E-state index contributed by atoms with van der Waals surface area (Å²) in [6.07, 6.45) is 9.64. The van der Waals surface area contributed by atoms with Gasteiger partial charge < -0.3 is 14.8 Å². The van der Waals surface area contributed by atoms with Crippen LogP contribution in [0.5, 0.6) is 11.5 Å². The van der Waals surface area contributed by atoms with Crippen LogP contribution in [0.15, 0.2) is 36.4 Å². The van der Waals surface area contributed by atoms with Crippen molar-refractivity contribution in [2.45, 2.75) is 70.4 Å². The molecule has 1 aliphatic carbocycles. The second-order valence-corrected chi connectivity index (χ2v) is 11.1. The molecule has 1 aliphatic heterocycles. The van der Waals surface area contributed by atoms with Crippen molar-refractivity contribution in [3.05, 3.63) is 47.5 Å². The SMILES string of the molecule is COc1ccc(C(=O)N(c2nc3ccccc3s2)C(CC2CCCCC2)C2CCCN2)c(C)c1OC. The molecule has 5 rings (SSSR count). The molecule has 2 aliphatic rings. The highest BCUT2D eigenvalue weighted by atomic mass is 32.1. The van der Waals surface area contributed by atoms with Gasteiger partial charge in [0.15, 0.2) is 16.6 Å². The molecule has 192 valence electrons. The Morgan fingerprint density at radius 1 is 1.08 bits per heavy atom. The highest BCUT2D eigenvalue weighted by Gasteiger charge is 2.38. The molecule has 1 saturated carbocycles. The van der Waals surface area contributed by atoms with Crippen molar-refractivity contribution >= 4 is 32.6 Å². The number of methoxy groups -OCH3 is 2. The summed E-state index contributed by atoms with van der Waals surface area (Å²) >= 11 is 1.61. The predicted molar refractivity (Wildman–Crippen MR) is 147 cm³/mol. The van der Waals surface area contributed by atoms with E-state index < -0.39 is 0 Å². The van der Waals surface area contributed by atoms with Crippen LogP contribution in [-0.4, -0.2) is 43.7 Å². The Bertz CT molecular complexity index is 1160. The van der Waals surface area contributed by atoms with Gasteiger partial charge in [-0.15, -0.1) is 0 Å². The summed E-state index contributed by atoms with van der Waals surface area (Å²) in [5.41, 5.74) is 2.37. The first kappa shape index (κ1) is 25.0. The summed E-state index contributed by atoms with van der Waals surface area (Å²) in [6, 6.07) is 12.2. The molecule has 1 amide bonds. The molecule has 1 N–H and O–H groups in total. The second kappa shape index (κ2) is 11.2. The minimum atomic E-state index is -0.0120. The van der Waals surface area contributed by atoms with E-state index in [4.69, 9.17) is 14.5 Å². The van der Waals surface area contributed by atoms with E-state index in [-0.39, 0.29) is 18.0 Å². The molecule has 7 heteroatoms. The third-order valence-electron chi connectivity index (χ3n) is 7.93. The number of ether oxygens (including phenoxy) is 2. The van der Waals surface area contributed by atoms with Crippen LogP contribution >= 0.6 is 11.3 Å². The first-order valence-electron chi connectivity index (χ1n) is 13.2. The number of hydrogen-bond donors (Lipinski definition) is 1. The summed E-state index contributed by atoms with van der Waals surface area (Å²) < 4.78 is 12.2. The molecule has 2 aromatic carbocycles. The first-order chi connectivity index (χ1) is 17.6. The third-order valence-corrected chi connectivity index (χ3v) is 8.96. The van der Waals surface area contributed by atoms with Crippen molar-refractivity contribution in [3.8, 4) is 11.5 Å². The van der Waals surface area contributed by atoms with Crippen LogP contribution in [0.4, 0.5) is 5.13 Å². The first-order valence-corrected chi connectivity index (χ1v) is 14.1. The zero-order valence-corrected chi connectivity index (χ0v) is 22.4. The van der Waals surface area contributed by atoms with Crippen molar-refractivity contribution in [2.75, 3.05) is 25.7 Å². The average Bonchev–Trinajstić information content (AvgIpc) is 3.59. The van der Waals surface area contributed by atoms with Crippen molar-refractivity contribution in [3.63, 3.8) is 0 Å². The quantitative estimate of drug-likeness (QED) is 0.384. The molecule has 2 unspecified atom stereocenters. The number of thiazole rings is 1. The number of carbonyl (C=O) groups is 1. The number of nitrogens with zero attached hydrogens (tertiary/aromatic N) is 2. The van der Waals surface area contributed by atoms with Crippen molar-refractivity contribution in [1.82, 2.24) is 10.3 Å². The van der Waals surface area contributed by atoms with E-state index in [0.29, 0.717) is 23.0 Å². The molecule has 0 spiro atoms. The summed E-state index contributed by atoms with van der Waals surface area (Å²) in [5, 5.41) is 4.51. The number of aromatic nitrogens is 1. The van der Waals surface area contributed by atoms with E-state index in [0.717, 1.165) is 46.7 Å². The Morgan fingerprint density at radius 3 is 2.58 bits per heavy atom. The van der Waals surface area contributed by atoms with Crippen molar-refractivity contribution in [2.24, 2.45) is 5.92 Å². The Labute approximate surface area is 218 Å². The zero-order chi connectivity index (χ0) is 25.1. The minimum Gasteiger partial charge on any atom is -0.493 e. The third kappa shape index (κ3) is 4.96. The van der Waals surface area contributed by atoms with Crippen LogP contribution < -0.4 is 19.7 Å². The van der Waals surface area contributed by atoms with Crippen molar-refractivity contribution in [1.29, 1.82) is 0 Å². The number of para-hydroxylation sites is 1. The number of hydrogen-bond acceptors (Lipinski definition) is 6. The van der Waals surface area contributed by atoms with Gasteiger partial charge in [0.05, 0.1) is 30.5 Å². The van der Waals surface area contributed by atoms with Gasteiger partial charge in [-0.05, 0) is 62.9 Å². The summed E-state index contributed by atoms with van der Waals surface area (Å²) in [7, 11) is 3.25. The van der Waals surface area contributed by atoms with Gasteiger partial charge in [0, 0.05) is 17.2 Å². The number of rotatable bonds is 8. The molecule has 1 saturated heterocycles. The molecule has 6 nitrogen and oxygen atoms in total. The lowest BCUT2D eigenvalue weighted by Crippen LogP contribution is -2.51. The van der Waals surface area contributed by atoms with Gasteiger partial charge in [0.25, 0.3) is 5.91 Å². The maximum absolute atomic E-state index is 14.5.